The van der Waals surface area contributed by atoms with Gasteiger partial charge in [-0.1, -0.05) is 52.7 Å². The van der Waals surface area contributed by atoms with Crippen molar-refractivity contribution in [2.24, 2.45) is 0 Å². The number of halogens is 1. The molecule has 0 amide bonds. The zero-order chi connectivity index (χ0) is 8.10. The summed E-state index contributed by atoms with van der Waals surface area (Å²) in [6.45, 7) is -0.0230. The normalized spacial score (nSPS) is 12.9. The van der Waals surface area contributed by atoms with Crippen molar-refractivity contribution in [3.63, 3.8) is 0 Å². The molecule has 1 nitrogen and oxygen atoms in total. The number of benzene rings is 1. The molecule has 0 aliphatic heterocycles. The molecule has 1 unspecified atom stereocenters. The van der Waals surface area contributed by atoms with E-state index in [4.69, 9.17) is 0 Å². The summed E-state index contributed by atoms with van der Waals surface area (Å²) >= 11 is 3.45. The molecule has 0 spiro atoms. The first kappa shape index (κ1) is 8.75. The zero-order valence-corrected chi connectivity index (χ0v) is 7.75. The van der Waals surface area contributed by atoms with Gasteiger partial charge >= 0.3 is 0 Å². The van der Waals surface area contributed by atoms with Gasteiger partial charge < -0.3 is 5.11 Å². The molecular formula is C9H10BrO-. The van der Waals surface area contributed by atoms with E-state index in [9.17, 15) is 5.11 Å². The van der Waals surface area contributed by atoms with Gasteiger partial charge in [0.25, 0.3) is 0 Å². The summed E-state index contributed by atoms with van der Waals surface area (Å²) in [4.78, 5) is 0.223. The van der Waals surface area contributed by atoms with E-state index in [0.717, 1.165) is 0 Å². The lowest BCUT2D eigenvalue weighted by atomic mass is 10.1. The molecule has 0 saturated carbocycles. The molecule has 0 fully saturated rings. The minimum absolute atomic E-state index is 0.0230. The Bertz CT molecular complexity index is 198. The van der Waals surface area contributed by atoms with Crippen LogP contribution in [0.3, 0.4) is 0 Å². The highest BCUT2D eigenvalue weighted by molar-refractivity contribution is 9.09. The second kappa shape index (κ2) is 4.52. The lowest BCUT2D eigenvalue weighted by Gasteiger charge is -2.11. The van der Waals surface area contributed by atoms with Crippen molar-refractivity contribution < 1.29 is 5.11 Å². The van der Waals surface area contributed by atoms with E-state index in [-0.39, 0.29) is 11.4 Å². The maximum atomic E-state index is 10.3. The monoisotopic (exact) mass is 213 g/mol. The molecule has 1 rings (SSSR count). The molecule has 0 radical (unpaired) electrons. The minimum Gasteiger partial charge on any atom is -0.854 e. The standard InChI is InChI=1S/C9H10BrO/c10-9(6-7-11)8-4-2-1-3-5-8/h1-5,9H,6-7H2/q-1. The highest BCUT2D eigenvalue weighted by Crippen LogP contribution is 2.24. The second-order valence-electron chi connectivity index (χ2n) is 2.37. The van der Waals surface area contributed by atoms with Gasteiger partial charge in [-0.2, -0.15) is 0 Å². The molecule has 2 heteroatoms. The second-order valence-corrected chi connectivity index (χ2v) is 3.48. The van der Waals surface area contributed by atoms with Crippen LogP contribution in [0.5, 0.6) is 0 Å². The Labute approximate surface area is 75.2 Å². The predicted octanol–water partition coefficient (Wildman–Crippen LogP) is 1.87. The third kappa shape index (κ3) is 2.64. The molecule has 1 atom stereocenters. The summed E-state index contributed by atoms with van der Waals surface area (Å²) < 4.78 is 0. The number of alkyl halides is 1. The maximum absolute atomic E-state index is 10.3. The summed E-state index contributed by atoms with van der Waals surface area (Å²) in [7, 11) is 0. The van der Waals surface area contributed by atoms with Crippen LogP contribution in [0.1, 0.15) is 16.8 Å². The van der Waals surface area contributed by atoms with E-state index in [0.29, 0.717) is 6.42 Å². The van der Waals surface area contributed by atoms with Crippen LogP contribution in [-0.4, -0.2) is 6.61 Å². The van der Waals surface area contributed by atoms with Crippen molar-refractivity contribution in [1.82, 2.24) is 0 Å². The minimum atomic E-state index is -0.0230. The first-order valence-electron chi connectivity index (χ1n) is 3.61. The van der Waals surface area contributed by atoms with E-state index in [1.54, 1.807) is 0 Å². The third-order valence-electron chi connectivity index (χ3n) is 1.53. The summed E-state index contributed by atoms with van der Waals surface area (Å²) in [5, 5.41) is 10.3. The molecule has 1 aromatic carbocycles. The Kier molecular flexibility index (Phi) is 3.60. The van der Waals surface area contributed by atoms with E-state index in [1.165, 1.54) is 5.56 Å². The number of hydrogen-bond acceptors (Lipinski definition) is 1. The lowest BCUT2D eigenvalue weighted by molar-refractivity contribution is -0.368. The molecule has 0 aromatic heterocycles. The number of rotatable bonds is 3. The Morgan fingerprint density at radius 2 is 1.91 bits per heavy atom. The van der Waals surface area contributed by atoms with Crippen molar-refractivity contribution in [3.05, 3.63) is 35.9 Å². The predicted molar refractivity (Wildman–Crippen MR) is 47.6 cm³/mol. The van der Waals surface area contributed by atoms with Gasteiger partial charge in [-0.25, -0.2) is 0 Å². The molecule has 0 aliphatic carbocycles. The van der Waals surface area contributed by atoms with Crippen molar-refractivity contribution in [3.8, 4) is 0 Å². The van der Waals surface area contributed by atoms with E-state index < -0.39 is 0 Å². The molecule has 11 heavy (non-hydrogen) atoms. The first-order valence-corrected chi connectivity index (χ1v) is 4.53. The first-order chi connectivity index (χ1) is 5.34. The van der Waals surface area contributed by atoms with Crippen LogP contribution in [0.25, 0.3) is 0 Å². The molecule has 0 N–H and O–H groups in total. The summed E-state index contributed by atoms with van der Waals surface area (Å²) in [5.74, 6) is 0. The highest BCUT2D eigenvalue weighted by atomic mass is 79.9. The van der Waals surface area contributed by atoms with Crippen molar-refractivity contribution in [1.29, 1.82) is 0 Å². The van der Waals surface area contributed by atoms with Gasteiger partial charge in [0.2, 0.25) is 0 Å². The third-order valence-corrected chi connectivity index (χ3v) is 2.52. The van der Waals surface area contributed by atoms with Crippen molar-refractivity contribution >= 4 is 15.9 Å². The average Bonchev–Trinajstić information content (AvgIpc) is 2.07. The molecule has 0 bridgehead atoms. The van der Waals surface area contributed by atoms with Crippen LogP contribution in [0.2, 0.25) is 0 Å². The van der Waals surface area contributed by atoms with Gasteiger partial charge in [0, 0.05) is 4.83 Å². The van der Waals surface area contributed by atoms with Gasteiger partial charge in [0.15, 0.2) is 0 Å². The largest absolute Gasteiger partial charge is 0.854 e. The van der Waals surface area contributed by atoms with E-state index in [1.807, 2.05) is 30.3 Å². The molecule has 0 saturated heterocycles. The van der Waals surface area contributed by atoms with Crippen molar-refractivity contribution in [2.75, 3.05) is 6.61 Å². The quantitative estimate of drug-likeness (QED) is 0.704. The maximum Gasteiger partial charge on any atom is 0.0382 e. The molecule has 60 valence electrons. The van der Waals surface area contributed by atoms with Crippen LogP contribution in [0.15, 0.2) is 30.3 Å². The Hall–Kier alpha value is -0.340. The van der Waals surface area contributed by atoms with Crippen LogP contribution in [0, 0.1) is 0 Å². The molecule has 0 heterocycles. The summed E-state index contributed by atoms with van der Waals surface area (Å²) in [6.07, 6.45) is 0.657. The summed E-state index contributed by atoms with van der Waals surface area (Å²) in [6, 6.07) is 9.98. The molecule has 0 aliphatic rings. The Morgan fingerprint density at radius 1 is 1.27 bits per heavy atom. The topological polar surface area (TPSA) is 23.1 Å². The SMILES string of the molecule is [O-]CCC(Br)c1ccccc1. The molecule has 1 aromatic rings. The van der Waals surface area contributed by atoms with Gasteiger partial charge in [0.1, 0.15) is 0 Å². The van der Waals surface area contributed by atoms with Crippen LogP contribution >= 0.6 is 15.9 Å². The fourth-order valence-corrected chi connectivity index (χ4v) is 1.42. The smallest absolute Gasteiger partial charge is 0.0382 e. The van der Waals surface area contributed by atoms with Gasteiger partial charge in [-0.05, 0) is 5.56 Å². The van der Waals surface area contributed by atoms with Crippen molar-refractivity contribution in [2.45, 2.75) is 11.2 Å². The van der Waals surface area contributed by atoms with E-state index >= 15 is 0 Å². The fourth-order valence-electron chi connectivity index (χ4n) is 0.932. The molecular weight excluding hydrogens is 204 g/mol. The van der Waals surface area contributed by atoms with Gasteiger partial charge in [-0.3, -0.25) is 0 Å². The van der Waals surface area contributed by atoms with Crippen LogP contribution in [-0.2, 0) is 0 Å². The zero-order valence-electron chi connectivity index (χ0n) is 6.16. The highest BCUT2D eigenvalue weighted by Gasteiger charge is 2.01. The summed E-state index contributed by atoms with van der Waals surface area (Å²) in [5.41, 5.74) is 1.18. The van der Waals surface area contributed by atoms with Gasteiger partial charge in [0.05, 0.1) is 0 Å². The fraction of sp³-hybridized carbons (Fsp3) is 0.333. The Morgan fingerprint density at radius 3 is 2.45 bits per heavy atom. The Balaban J connectivity index is 2.61. The van der Waals surface area contributed by atoms with Crippen LogP contribution < -0.4 is 5.11 Å². The number of hydrogen-bond donors (Lipinski definition) is 0. The van der Waals surface area contributed by atoms with Crippen LogP contribution in [0.4, 0.5) is 0 Å². The van der Waals surface area contributed by atoms with E-state index in [2.05, 4.69) is 15.9 Å². The van der Waals surface area contributed by atoms with Gasteiger partial charge in [-0.15, -0.1) is 6.61 Å². The average molecular weight is 214 g/mol. The lowest BCUT2D eigenvalue weighted by Crippen LogP contribution is -2.07.